The van der Waals surface area contributed by atoms with Crippen LogP contribution in [0.25, 0.3) is 0 Å². The number of H-pyrrole nitrogens is 1. The lowest BCUT2D eigenvalue weighted by molar-refractivity contribution is 0.0519. The number of rotatable bonds is 6. The second-order valence-corrected chi connectivity index (χ2v) is 6.64. The normalized spacial score (nSPS) is 11.3. The van der Waals surface area contributed by atoms with Gasteiger partial charge >= 0.3 is 5.97 Å². The van der Waals surface area contributed by atoms with Gasteiger partial charge in [-0.25, -0.2) is 17.9 Å². The minimum absolute atomic E-state index is 0.104. The summed E-state index contributed by atoms with van der Waals surface area (Å²) in [6.07, 6.45) is 1.78. The predicted octanol–water partition coefficient (Wildman–Crippen LogP) is 2.05. The van der Waals surface area contributed by atoms with E-state index in [4.69, 9.17) is 4.74 Å². The minimum Gasteiger partial charge on any atom is -0.461 e. The first-order valence-corrected chi connectivity index (χ1v) is 8.18. The number of ether oxygens (including phenoxy) is 1. The molecule has 0 amide bonds. The smallest absolute Gasteiger partial charge is 0.355 e. The fraction of sp³-hybridized carbons (Fsp3) is 0.500. The SMILES string of the molecule is CCOC(=O)c1[nH]c(C)c(S(=O)(=O)NCC=C(C)C)c1C. The average Bonchev–Trinajstić information content (AvgIpc) is 2.64. The molecule has 0 atom stereocenters. The van der Waals surface area contributed by atoms with Crippen LogP contribution in [0.4, 0.5) is 0 Å². The third-order valence-corrected chi connectivity index (χ3v) is 4.60. The number of nitrogens with one attached hydrogen (secondary N) is 2. The predicted molar refractivity (Wildman–Crippen MR) is 80.8 cm³/mol. The Kier molecular flexibility index (Phi) is 5.74. The van der Waals surface area contributed by atoms with Crippen molar-refractivity contribution < 1.29 is 17.9 Å². The molecule has 0 aliphatic rings. The highest BCUT2D eigenvalue weighted by atomic mass is 32.2. The van der Waals surface area contributed by atoms with Crippen molar-refractivity contribution in [2.24, 2.45) is 0 Å². The fourth-order valence-corrected chi connectivity index (χ4v) is 3.38. The van der Waals surface area contributed by atoms with Gasteiger partial charge in [0, 0.05) is 17.8 Å². The second kappa shape index (κ2) is 6.91. The largest absolute Gasteiger partial charge is 0.461 e. The number of esters is 1. The van der Waals surface area contributed by atoms with Gasteiger partial charge in [0.1, 0.15) is 10.6 Å². The van der Waals surface area contributed by atoms with Crippen LogP contribution in [0.15, 0.2) is 16.5 Å². The molecule has 1 heterocycles. The number of allylic oxidation sites excluding steroid dienone is 1. The lowest BCUT2D eigenvalue weighted by atomic mass is 10.2. The van der Waals surface area contributed by atoms with Crippen molar-refractivity contribution in [1.29, 1.82) is 0 Å². The number of hydrogen-bond donors (Lipinski definition) is 2. The molecule has 0 radical (unpaired) electrons. The first-order valence-electron chi connectivity index (χ1n) is 6.70. The molecule has 1 aromatic heterocycles. The van der Waals surface area contributed by atoms with E-state index in [1.807, 2.05) is 13.8 Å². The van der Waals surface area contributed by atoms with Gasteiger partial charge in [0.25, 0.3) is 0 Å². The van der Waals surface area contributed by atoms with Gasteiger partial charge < -0.3 is 9.72 Å². The Morgan fingerprint density at radius 1 is 1.33 bits per heavy atom. The number of aromatic nitrogens is 1. The van der Waals surface area contributed by atoms with E-state index in [2.05, 4.69) is 9.71 Å². The summed E-state index contributed by atoms with van der Waals surface area (Å²) in [6.45, 7) is 9.12. The van der Waals surface area contributed by atoms with Crippen molar-refractivity contribution in [2.75, 3.05) is 13.2 Å². The summed E-state index contributed by atoms with van der Waals surface area (Å²) >= 11 is 0. The number of carbonyl (C=O) groups is 1. The minimum atomic E-state index is -3.68. The first kappa shape index (κ1) is 17.5. The van der Waals surface area contributed by atoms with Gasteiger partial charge in [-0.05, 0) is 34.6 Å². The Labute approximate surface area is 125 Å². The van der Waals surface area contributed by atoms with E-state index in [1.165, 1.54) is 0 Å². The maximum atomic E-state index is 12.3. The van der Waals surface area contributed by atoms with Crippen molar-refractivity contribution in [3.63, 3.8) is 0 Å². The maximum absolute atomic E-state index is 12.3. The van der Waals surface area contributed by atoms with Crippen LogP contribution in [0.1, 0.15) is 42.5 Å². The molecule has 0 aliphatic carbocycles. The zero-order valence-electron chi connectivity index (χ0n) is 13.0. The van der Waals surface area contributed by atoms with Crippen LogP contribution >= 0.6 is 0 Å². The zero-order valence-corrected chi connectivity index (χ0v) is 13.8. The average molecular weight is 314 g/mol. The molecule has 21 heavy (non-hydrogen) atoms. The molecular weight excluding hydrogens is 292 g/mol. The highest BCUT2D eigenvalue weighted by Crippen LogP contribution is 2.23. The van der Waals surface area contributed by atoms with Crippen LogP contribution < -0.4 is 4.72 Å². The standard InChI is InChI=1S/C14H22N2O4S/c1-6-20-14(17)12-10(4)13(11(5)16-12)21(18,19)15-8-7-9(2)3/h7,15-16H,6,8H2,1-5H3. The van der Waals surface area contributed by atoms with Gasteiger partial charge in [0.2, 0.25) is 10.0 Å². The molecule has 7 heteroatoms. The molecule has 0 aromatic carbocycles. The summed E-state index contributed by atoms with van der Waals surface area (Å²) in [5.74, 6) is -0.552. The Hall–Kier alpha value is -1.60. The molecule has 0 spiro atoms. The van der Waals surface area contributed by atoms with Crippen molar-refractivity contribution in [1.82, 2.24) is 9.71 Å². The van der Waals surface area contributed by atoms with Crippen LogP contribution in [0.3, 0.4) is 0 Å². The lowest BCUT2D eigenvalue weighted by Crippen LogP contribution is -2.25. The molecule has 1 aromatic rings. The summed E-state index contributed by atoms with van der Waals surface area (Å²) in [5, 5.41) is 0. The Morgan fingerprint density at radius 3 is 2.48 bits per heavy atom. The number of hydrogen-bond acceptors (Lipinski definition) is 4. The summed E-state index contributed by atoms with van der Waals surface area (Å²) in [7, 11) is -3.68. The highest BCUT2D eigenvalue weighted by Gasteiger charge is 2.26. The van der Waals surface area contributed by atoms with Gasteiger partial charge in [-0.2, -0.15) is 0 Å². The van der Waals surface area contributed by atoms with E-state index in [9.17, 15) is 13.2 Å². The van der Waals surface area contributed by atoms with Crippen molar-refractivity contribution >= 4 is 16.0 Å². The number of carbonyl (C=O) groups excluding carboxylic acids is 1. The fourth-order valence-electron chi connectivity index (χ4n) is 1.97. The second-order valence-electron chi connectivity index (χ2n) is 4.93. The third kappa shape index (κ3) is 4.18. The van der Waals surface area contributed by atoms with E-state index in [-0.39, 0.29) is 23.7 Å². The van der Waals surface area contributed by atoms with Crippen molar-refractivity contribution in [3.8, 4) is 0 Å². The van der Waals surface area contributed by atoms with Crippen LogP contribution in [0.5, 0.6) is 0 Å². The maximum Gasteiger partial charge on any atom is 0.355 e. The Bertz CT molecular complexity index is 653. The quantitative estimate of drug-likeness (QED) is 0.621. The topological polar surface area (TPSA) is 88.3 Å². The highest BCUT2D eigenvalue weighted by molar-refractivity contribution is 7.89. The van der Waals surface area contributed by atoms with Crippen molar-refractivity contribution in [3.05, 3.63) is 28.6 Å². The molecule has 0 aliphatic heterocycles. The summed E-state index contributed by atoms with van der Waals surface area (Å²) in [4.78, 5) is 14.7. The molecule has 0 bridgehead atoms. The molecular formula is C14H22N2O4S. The summed E-state index contributed by atoms with van der Waals surface area (Å²) in [5.41, 5.74) is 1.99. The van der Waals surface area contributed by atoms with Crippen LogP contribution in [0.2, 0.25) is 0 Å². The van der Waals surface area contributed by atoms with E-state index in [0.717, 1.165) is 5.57 Å². The summed E-state index contributed by atoms with van der Waals surface area (Å²) in [6, 6.07) is 0. The molecule has 0 unspecified atom stereocenters. The van der Waals surface area contributed by atoms with Gasteiger partial charge in [-0.3, -0.25) is 0 Å². The van der Waals surface area contributed by atoms with Crippen LogP contribution in [-0.2, 0) is 14.8 Å². The molecule has 118 valence electrons. The van der Waals surface area contributed by atoms with Crippen molar-refractivity contribution in [2.45, 2.75) is 39.5 Å². The van der Waals surface area contributed by atoms with Crippen LogP contribution in [0, 0.1) is 13.8 Å². The van der Waals surface area contributed by atoms with Gasteiger partial charge in [-0.1, -0.05) is 11.6 Å². The number of aryl methyl sites for hydroxylation is 1. The van der Waals surface area contributed by atoms with Crippen LogP contribution in [-0.4, -0.2) is 32.5 Å². The number of sulfonamides is 1. The first-order chi connectivity index (χ1) is 9.70. The molecule has 2 N–H and O–H groups in total. The Balaban J connectivity index is 3.13. The van der Waals surface area contributed by atoms with E-state index < -0.39 is 16.0 Å². The lowest BCUT2D eigenvalue weighted by Gasteiger charge is -2.06. The van der Waals surface area contributed by atoms with E-state index in [0.29, 0.717) is 11.3 Å². The summed E-state index contributed by atoms with van der Waals surface area (Å²) < 4.78 is 32.1. The number of aromatic amines is 1. The molecule has 0 saturated heterocycles. The van der Waals surface area contributed by atoms with E-state index in [1.54, 1.807) is 26.8 Å². The van der Waals surface area contributed by atoms with E-state index >= 15 is 0 Å². The zero-order chi connectivity index (χ0) is 16.2. The Morgan fingerprint density at radius 2 is 1.95 bits per heavy atom. The molecule has 1 rings (SSSR count). The molecule has 0 saturated carbocycles. The van der Waals surface area contributed by atoms with Gasteiger partial charge in [0.15, 0.2) is 0 Å². The van der Waals surface area contributed by atoms with Gasteiger partial charge in [-0.15, -0.1) is 0 Å². The van der Waals surface area contributed by atoms with Gasteiger partial charge in [0.05, 0.1) is 6.61 Å². The molecule has 0 fully saturated rings. The third-order valence-electron chi connectivity index (χ3n) is 2.90. The molecule has 6 nitrogen and oxygen atoms in total. The monoisotopic (exact) mass is 314 g/mol.